The molecule has 146 valence electrons. The van der Waals surface area contributed by atoms with Crippen molar-refractivity contribution in [1.82, 2.24) is 10.3 Å². The molecule has 1 heterocycles. The fraction of sp³-hybridized carbons (Fsp3) is 0.300. The highest BCUT2D eigenvalue weighted by Gasteiger charge is 2.30. The number of H-pyrrole nitrogens is 1. The topological polar surface area (TPSA) is 88.0 Å². The highest BCUT2D eigenvalue weighted by molar-refractivity contribution is 6.08. The molecule has 0 spiro atoms. The first-order valence-corrected chi connectivity index (χ1v) is 8.67. The summed E-state index contributed by atoms with van der Waals surface area (Å²) in [4.78, 5) is 25.9. The SMILES string of the molecule is CC#CC(=O)N[C@H]1CCC=C(c2c(F)c(F)c(C(N)=O)c3[nH]c(C)c(F)c23)C1. The third-order valence-corrected chi connectivity index (χ3v) is 4.76. The third kappa shape index (κ3) is 3.24. The van der Waals surface area contributed by atoms with Crippen LogP contribution in [0.3, 0.4) is 0 Å². The summed E-state index contributed by atoms with van der Waals surface area (Å²) in [6.07, 6.45) is 2.91. The first-order chi connectivity index (χ1) is 13.3. The van der Waals surface area contributed by atoms with Crippen LogP contribution < -0.4 is 11.1 Å². The van der Waals surface area contributed by atoms with E-state index in [0.29, 0.717) is 18.4 Å². The van der Waals surface area contributed by atoms with Crippen LogP contribution >= 0.6 is 0 Å². The first kappa shape index (κ1) is 19.5. The van der Waals surface area contributed by atoms with E-state index in [4.69, 9.17) is 5.73 Å². The van der Waals surface area contributed by atoms with E-state index in [2.05, 4.69) is 22.1 Å². The molecule has 0 saturated carbocycles. The maximum absolute atomic E-state index is 14.9. The molecular formula is C20H18F3N3O2. The van der Waals surface area contributed by atoms with Crippen molar-refractivity contribution in [3.05, 3.63) is 40.3 Å². The lowest BCUT2D eigenvalue weighted by molar-refractivity contribution is -0.116. The summed E-state index contributed by atoms with van der Waals surface area (Å²) in [5, 5.41) is 2.48. The van der Waals surface area contributed by atoms with Crippen molar-refractivity contribution in [2.24, 2.45) is 5.73 Å². The first-order valence-electron chi connectivity index (χ1n) is 8.67. The Morgan fingerprint density at radius 3 is 2.61 bits per heavy atom. The van der Waals surface area contributed by atoms with Crippen LogP contribution in [0.5, 0.6) is 0 Å². The lowest BCUT2D eigenvalue weighted by atomic mass is 9.87. The fourth-order valence-corrected chi connectivity index (χ4v) is 3.57. The molecule has 5 nitrogen and oxygen atoms in total. The summed E-state index contributed by atoms with van der Waals surface area (Å²) in [5.41, 5.74) is 4.39. The highest BCUT2D eigenvalue weighted by atomic mass is 19.2. The number of primary amides is 1. The molecule has 0 bridgehead atoms. The smallest absolute Gasteiger partial charge is 0.296 e. The molecule has 28 heavy (non-hydrogen) atoms. The Morgan fingerprint density at radius 2 is 1.96 bits per heavy atom. The fourth-order valence-electron chi connectivity index (χ4n) is 3.57. The molecule has 0 radical (unpaired) electrons. The van der Waals surface area contributed by atoms with Crippen molar-refractivity contribution >= 4 is 28.3 Å². The highest BCUT2D eigenvalue weighted by Crippen LogP contribution is 2.39. The molecule has 1 aromatic heterocycles. The number of hydrogen-bond donors (Lipinski definition) is 3. The van der Waals surface area contributed by atoms with Gasteiger partial charge in [-0.2, -0.15) is 0 Å². The molecule has 2 amide bonds. The van der Waals surface area contributed by atoms with Gasteiger partial charge in [-0.3, -0.25) is 9.59 Å². The van der Waals surface area contributed by atoms with Crippen molar-refractivity contribution in [3.8, 4) is 11.8 Å². The Kier molecular flexibility index (Phi) is 5.18. The van der Waals surface area contributed by atoms with Crippen LogP contribution in [0.1, 0.15) is 47.8 Å². The van der Waals surface area contributed by atoms with Gasteiger partial charge in [-0.15, -0.1) is 0 Å². The summed E-state index contributed by atoms with van der Waals surface area (Å²) >= 11 is 0. The van der Waals surface area contributed by atoms with Crippen LogP contribution in [-0.2, 0) is 4.79 Å². The Bertz CT molecular complexity index is 1090. The Morgan fingerprint density at radius 1 is 1.25 bits per heavy atom. The monoisotopic (exact) mass is 389 g/mol. The van der Waals surface area contributed by atoms with Crippen molar-refractivity contribution in [1.29, 1.82) is 0 Å². The maximum Gasteiger partial charge on any atom is 0.296 e. The number of aromatic amines is 1. The molecule has 1 aliphatic carbocycles. The average molecular weight is 389 g/mol. The van der Waals surface area contributed by atoms with E-state index in [-0.39, 0.29) is 34.6 Å². The Balaban J connectivity index is 2.15. The quantitative estimate of drug-likeness (QED) is 0.705. The maximum atomic E-state index is 14.9. The summed E-state index contributed by atoms with van der Waals surface area (Å²) in [6, 6.07) is -0.357. The minimum absolute atomic E-state index is 0.0308. The predicted octanol–water partition coefficient (Wildman–Crippen LogP) is 3.07. The average Bonchev–Trinajstić information content (AvgIpc) is 2.91. The van der Waals surface area contributed by atoms with Crippen LogP contribution in [0, 0.1) is 36.2 Å². The molecule has 2 aromatic rings. The number of hydrogen-bond acceptors (Lipinski definition) is 2. The number of allylic oxidation sites excluding steroid dienone is 1. The van der Waals surface area contributed by atoms with Crippen molar-refractivity contribution in [3.63, 3.8) is 0 Å². The lowest BCUT2D eigenvalue weighted by Gasteiger charge is -2.24. The molecule has 3 rings (SSSR count). The van der Waals surface area contributed by atoms with E-state index in [1.165, 1.54) is 13.8 Å². The minimum Gasteiger partial charge on any atom is -0.365 e. The second-order valence-corrected chi connectivity index (χ2v) is 6.61. The number of aryl methyl sites for hydroxylation is 1. The summed E-state index contributed by atoms with van der Waals surface area (Å²) in [7, 11) is 0. The molecule has 8 heteroatoms. The van der Waals surface area contributed by atoms with E-state index in [0.717, 1.165) is 0 Å². The van der Waals surface area contributed by atoms with Crippen LogP contribution in [0.15, 0.2) is 6.08 Å². The zero-order valence-corrected chi connectivity index (χ0v) is 15.3. The number of nitrogens with two attached hydrogens (primary N) is 1. The van der Waals surface area contributed by atoms with Crippen LogP contribution in [0.25, 0.3) is 16.5 Å². The molecular weight excluding hydrogens is 371 g/mol. The largest absolute Gasteiger partial charge is 0.365 e. The minimum atomic E-state index is -1.43. The number of nitrogens with one attached hydrogen (secondary N) is 2. The molecule has 1 atom stereocenters. The van der Waals surface area contributed by atoms with E-state index in [9.17, 15) is 22.8 Å². The number of carbonyl (C=O) groups is 2. The molecule has 0 aliphatic heterocycles. The standard InChI is InChI=1S/C20H18F3N3O2/c1-3-5-12(27)26-11-7-4-6-10(8-11)13-14-16(21)9(2)25-19(14)15(20(24)28)18(23)17(13)22/h6,11,25H,4,7-8H2,1-2H3,(H2,24,28)(H,26,27)/t11-/m0/s1. The van der Waals surface area contributed by atoms with Crippen LogP contribution in [0.4, 0.5) is 13.2 Å². The number of amides is 2. The number of carbonyl (C=O) groups excluding carboxylic acids is 2. The van der Waals surface area contributed by atoms with Gasteiger partial charge in [-0.25, -0.2) is 13.2 Å². The predicted molar refractivity (Wildman–Crippen MR) is 98.6 cm³/mol. The number of rotatable bonds is 3. The number of halogens is 3. The van der Waals surface area contributed by atoms with E-state index >= 15 is 0 Å². The van der Waals surface area contributed by atoms with Crippen molar-refractivity contribution < 1.29 is 22.8 Å². The van der Waals surface area contributed by atoms with Crippen LogP contribution in [0.2, 0.25) is 0 Å². The third-order valence-electron chi connectivity index (χ3n) is 4.76. The van der Waals surface area contributed by atoms with Gasteiger partial charge in [-0.1, -0.05) is 12.0 Å². The van der Waals surface area contributed by atoms with Crippen LogP contribution in [-0.4, -0.2) is 22.8 Å². The van der Waals surface area contributed by atoms with Gasteiger partial charge in [0.1, 0.15) is 5.56 Å². The second kappa shape index (κ2) is 7.43. The van der Waals surface area contributed by atoms with Crippen molar-refractivity contribution in [2.45, 2.75) is 39.2 Å². The lowest BCUT2D eigenvalue weighted by Crippen LogP contribution is -2.35. The molecule has 4 N–H and O–H groups in total. The van der Waals surface area contributed by atoms with E-state index in [1.807, 2.05) is 0 Å². The Labute approximate surface area is 159 Å². The second-order valence-electron chi connectivity index (χ2n) is 6.61. The molecule has 0 fully saturated rings. The zero-order valence-electron chi connectivity index (χ0n) is 15.3. The van der Waals surface area contributed by atoms with Gasteiger partial charge >= 0.3 is 0 Å². The van der Waals surface area contributed by atoms with Gasteiger partial charge in [-0.05, 0) is 44.6 Å². The number of benzene rings is 1. The Hall–Kier alpha value is -3.21. The number of aromatic nitrogens is 1. The normalized spacial score (nSPS) is 16.3. The molecule has 1 aliphatic rings. The van der Waals surface area contributed by atoms with Gasteiger partial charge in [0.05, 0.1) is 5.52 Å². The van der Waals surface area contributed by atoms with Gasteiger partial charge in [0.15, 0.2) is 17.5 Å². The molecule has 0 unspecified atom stereocenters. The zero-order chi connectivity index (χ0) is 20.6. The van der Waals surface area contributed by atoms with Gasteiger partial charge in [0.2, 0.25) is 0 Å². The summed E-state index contributed by atoms with van der Waals surface area (Å²) in [5.74, 6) is -0.383. The van der Waals surface area contributed by atoms with Gasteiger partial charge < -0.3 is 16.0 Å². The number of fused-ring (bicyclic) bond motifs is 1. The van der Waals surface area contributed by atoms with Gasteiger partial charge in [0, 0.05) is 22.7 Å². The van der Waals surface area contributed by atoms with E-state index < -0.39 is 34.8 Å². The summed E-state index contributed by atoms with van der Waals surface area (Å²) < 4.78 is 44.3. The van der Waals surface area contributed by atoms with E-state index in [1.54, 1.807) is 6.08 Å². The molecule has 0 saturated heterocycles. The van der Waals surface area contributed by atoms with Crippen molar-refractivity contribution in [2.75, 3.05) is 0 Å². The van der Waals surface area contributed by atoms with Gasteiger partial charge in [0.25, 0.3) is 11.8 Å². The molecule has 1 aromatic carbocycles. The summed E-state index contributed by atoms with van der Waals surface area (Å²) in [6.45, 7) is 2.92.